The van der Waals surface area contributed by atoms with Crippen molar-refractivity contribution in [2.24, 2.45) is 5.73 Å². The number of rotatable bonds is 5. The van der Waals surface area contributed by atoms with E-state index in [1.165, 1.54) is 6.07 Å². The van der Waals surface area contributed by atoms with E-state index in [4.69, 9.17) is 5.73 Å². The zero-order valence-corrected chi connectivity index (χ0v) is 13.5. The quantitative estimate of drug-likeness (QED) is 0.668. The number of hydrogen-bond donors (Lipinski definition) is 3. The van der Waals surface area contributed by atoms with Gasteiger partial charge in [-0.25, -0.2) is 4.79 Å². The highest BCUT2D eigenvalue weighted by molar-refractivity contribution is 6.02. The molecular formula is C20H18N2O3. The van der Waals surface area contributed by atoms with Gasteiger partial charge in [-0.2, -0.15) is 0 Å². The predicted molar refractivity (Wildman–Crippen MR) is 97.7 cm³/mol. The van der Waals surface area contributed by atoms with E-state index in [9.17, 15) is 14.7 Å². The summed E-state index contributed by atoms with van der Waals surface area (Å²) in [4.78, 5) is 23.5. The Kier molecular flexibility index (Phi) is 4.77. The summed E-state index contributed by atoms with van der Waals surface area (Å²) < 4.78 is 0. The van der Waals surface area contributed by atoms with Crippen molar-refractivity contribution in [2.45, 2.75) is 12.5 Å². The Morgan fingerprint density at radius 1 is 0.960 bits per heavy atom. The Bertz CT molecular complexity index is 937. The van der Waals surface area contributed by atoms with Crippen LogP contribution in [0.3, 0.4) is 0 Å². The lowest BCUT2D eigenvalue weighted by Gasteiger charge is -2.14. The molecule has 5 heteroatoms. The molecule has 0 aromatic heterocycles. The largest absolute Gasteiger partial charge is 0.478 e. The Morgan fingerprint density at radius 2 is 1.64 bits per heavy atom. The minimum atomic E-state index is -1.10. The average molecular weight is 334 g/mol. The lowest BCUT2D eigenvalue weighted by Crippen LogP contribution is -2.37. The SMILES string of the molecule is N[C@@H](Cc1ccc2ccccc2c1)C(=O)Nc1ccccc1C(=O)O. The van der Waals surface area contributed by atoms with Gasteiger partial charge in [-0.1, -0.05) is 54.6 Å². The Morgan fingerprint density at radius 3 is 2.40 bits per heavy atom. The van der Waals surface area contributed by atoms with Crippen molar-refractivity contribution in [1.82, 2.24) is 0 Å². The maximum absolute atomic E-state index is 12.3. The van der Waals surface area contributed by atoms with Crippen molar-refractivity contribution >= 4 is 28.3 Å². The van der Waals surface area contributed by atoms with E-state index in [1.54, 1.807) is 18.2 Å². The zero-order valence-electron chi connectivity index (χ0n) is 13.5. The van der Waals surface area contributed by atoms with E-state index in [0.29, 0.717) is 6.42 Å². The Balaban J connectivity index is 1.73. The van der Waals surface area contributed by atoms with Gasteiger partial charge < -0.3 is 16.2 Å². The highest BCUT2D eigenvalue weighted by Crippen LogP contribution is 2.18. The summed E-state index contributed by atoms with van der Waals surface area (Å²) in [5, 5.41) is 14.0. The maximum Gasteiger partial charge on any atom is 0.337 e. The van der Waals surface area contributed by atoms with Crippen LogP contribution in [0.5, 0.6) is 0 Å². The summed E-state index contributed by atoms with van der Waals surface area (Å²) in [6.07, 6.45) is 0.367. The first-order chi connectivity index (χ1) is 12.0. The molecule has 0 fully saturated rings. The molecule has 0 aliphatic heterocycles. The number of nitrogens with two attached hydrogens (primary N) is 1. The van der Waals surface area contributed by atoms with Crippen molar-refractivity contribution in [2.75, 3.05) is 5.32 Å². The van der Waals surface area contributed by atoms with Crippen LogP contribution in [0, 0.1) is 0 Å². The third kappa shape index (κ3) is 3.84. The number of amides is 1. The van der Waals surface area contributed by atoms with Gasteiger partial charge in [-0.05, 0) is 34.9 Å². The second kappa shape index (κ2) is 7.15. The first-order valence-corrected chi connectivity index (χ1v) is 7.91. The van der Waals surface area contributed by atoms with E-state index >= 15 is 0 Å². The van der Waals surface area contributed by atoms with E-state index in [0.717, 1.165) is 16.3 Å². The smallest absolute Gasteiger partial charge is 0.337 e. The fraction of sp³-hybridized carbons (Fsp3) is 0.100. The number of hydrogen-bond acceptors (Lipinski definition) is 3. The molecule has 0 heterocycles. The number of nitrogens with one attached hydrogen (secondary N) is 1. The number of carboxylic acids is 1. The van der Waals surface area contributed by atoms with Crippen LogP contribution >= 0.6 is 0 Å². The summed E-state index contributed by atoms with van der Waals surface area (Å²) >= 11 is 0. The Hall–Kier alpha value is -3.18. The molecule has 0 aliphatic carbocycles. The molecule has 0 aliphatic rings. The van der Waals surface area contributed by atoms with Crippen molar-refractivity contribution in [3.63, 3.8) is 0 Å². The number of anilines is 1. The molecule has 0 saturated carbocycles. The fourth-order valence-corrected chi connectivity index (χ4v) is 2.72. The lowest BCUT2D eigenvalue weighted by atomic mass is 10.0. The topological polar surface area (TPSA) is 92.4 Å². The number of para-hydroxylation sites is 1. The van der Waals surface area contributed by atoms with Crippen molar-refractivity contribution in [3.8, 4) is 0 Å². The highest BCUT2D eigenvalue weighted by atomic mass is 16.4. The fourth-order valence-electron chi connectivity index (χ4n) is 2.72. The molecule has 1 amide bonds. The van der Waals surface area contributed by atoms with Crippen LogP contribution in [-0.2, 0) is 11.2 Å². The van der Waals surface area contributed by atoms with E-state index in [2.05, 4.69) is 5.32 Å². The van der Waals surface area contributed by atoms with Crippen LogP contribution < -0.4 is 11.1 Å². The first kappa shape index (κ1) is 16.7. The molecule has 4 N–H and O–H groups in total. The minimum Gasteiger partial charge on any atom is -0.478 e. The summed E-state index contributed by atoms with van der Waals surface area (Å²) in [6, 6.07) is 19.4. The number of benzene rings is 3. The molecule has 3 aromatic rings. The second-order valence-corrected chi connectivity index (χ2v) is 5.83. The Labute approximate surface area is 145 Å². The third-order valence-corrected chi connectivity index (χ3v) is 4.02. The molecule has 0 radical (unpaired) electrons. The highest BCUT2D eigenvalue weighted by Gasteiger charge is 2.17. The minimum absolute atomic E-state index is 0.0359. The summed E-state index contributed by atoms with van der Waals surface area (Å²) in [5.41, 5.74) is 7.24. The van der Waals surface area contributed by atoms with Gasteiger partial charge in [0.05, 0.1) is 17.3 Å². The molecule has 0 saturated heterocycles. The van der Waals surface area contributed by atoms with Crippen LogP contribution in [0.1, 0.15) is 15.9 Å². The van der Waals surface area contributed by atoms with Gasteiger partial charge in [0.25, 0.3) is 0 Å². The van der Waals surface area contributed by atoms with Gasteiger partial charge in [0, 0.05) is 0 Å². The molecule has 5 nitrogen and oxygen atoms in total. The number of carboxylic acid groups (broad SMARTS) is 1. The van der Waals surface area contributed by atoms with Crippen molar-refractivity contribution < 1.29 is 14.7 Å². The van der Waals surface area contributed by atoms with Crippen LogP contribution in [0.4, 0.5) is 5.69 Å². The molecule has 3 rings (SSSR count). The summed E-state index contributed by atoms with van der Waals surface area (Å²) in [6.45, 7) is 0. The van der Waals surface area contributed by atoms with E-state index < -0.39 is 17.9 Å². The van der Waals surface area contributed by atoms with Crippen LogP contribution in [0.2, 0.25) is 0 Å². The van der Waals surface area contributed by atoms with Gasteiger partial charge in [-0.3, -0.25) is 4.79 Å². The summed E-state index contributed by atoms with van der Waals surface area (Å²) in [5.74, 6) is -1.51. The van der Waals surface area contributed by atoms with Gasteiger partial charge in [0.15, 0.2) is 0 Å². The van der Waals surface area contributed by atoms with Crippen molar-refractivity contribution in [3.05, 3.63) is 77.9 Å². The predicted octanol–water partition coefficient (Wildman–Crippen LogP) is 3.05. The van der Waals surface area contributed by atoms with Crippen molar-refractivity contribution in [1.29, 1.82) is 0 Å². The third-order valence-electron chi connectivity index (χ3n) is 4.02. The average Bonchev–Trinajstić information content (AvgIpc) is 2.61. The summed E-state index contributed by atoms with van der Waals surface area (Å²) in [7, 11) is 0. The molecular weight excluding hydrogens is 316 g/mol. The van der Waals surface area contributed by atoms with Crippen LogP contribution in [0.25, 0.3) is 10.8 Å². The standard InChI is InChI=1S/C20H18N2O3/c21-17(12-13-9-10-14-5-1-2-6-15(14)11-13)19(23)22-18-8-4-3-7-16(18)20(24)25/h1-11,17H,12,21H2,(H,22,23)(H,24,25)/t17-/m0/s1. The zero-order chi connectivity index (χ0) is 17.8. The normalized spacial score (nSPS) is 11.9. The number of fused-ring (bicyclic) bond motifs is 1. The van der Waals surface area contributed by atoms with Gasteiger partial charge >= 0.3 is 5.97 Å². The molecule has 0 unspecified atom stereocenters. The van der Waals surface area contributed by atoms with Gasteiger partial charge in [-0.15, -0.1) is 0 Å². The molecule has 0 spiro atoms. The molecule has 25 heavy (non-hydrogen) atoms. The molecule has 3 aromatic carbocycles. The van der Waals surface area contributed by atoms with Crippen LogP contribution in [0.15, 0.2) is 66.7 Å². The number of carbonyl (C=O) groups is 2. The first-order valence-electron chi connectivity index (χ1n) is 7.91. The molecule has 0 bridgehead atoms. The van der Waals surface area contributed by atoms with Crippen LogP contribution in [-0.4, -0.2) is 23.0 Å². The van der Waals surface area contributed by atoms with E-state index in [1.807, 2.05) is 42.5 Å². The van der Waals surface area contributed by atoms with E-state index in [-0.39, 0.29) is 11.3 Å². The molecule has 126 valence electrons. The lowest BCUT2D eigenvalue weighted by molar-refractivity contribution is -0.117. The number of aromatic carboxylic acids is 1. The number of carbonyl (C=O) groups excluding carboxylic acids is 1. The monoisotopic (exact) mass is 334 g/mol. The second-order valence-electron chi connectivity index (χ2n) is 5.83. The maximum atomic E-state index is 12.3. The molecule has 1 atom stereocenters. The van der Waals surface area contributed by atoms with Gasteiger partial charge in [0.1, 0.15) is 0 Å². The van der Waals surface area contributed by atoms with Gasteiger partial charge in [0.2, 0.25) is 5.91 Å².